The zero-order valence-electron chi connectivity index (χ0n) is 7.08. The molecule has 5 heteroatoms. The fraction of sp³-hybridized carbons (Fsp3) is 0.714. The van der Waals surface area contributed by atoms with Gasteiger partial charge < -0.3 is 15.3 Å². The van der Waals surface area contributed by atoms with E-state index >= 15 is 0 Å². The third-order valence-electron chi connectivity index (χ3n) is 1.68. The summed E-state index contributed by atoms with van der Waals surface area (Å²) in [5.74, 6) is 0.0139. The maximum atomic E-state index is 10.2. The Morgan fingerprint density at radius 1 is 1.83 bits per heavy atom. The van der Waals surface area contributed by atoms with E-state index in [9.17, 15) is 4.79 Å². The molecule has 0 fully saturated rings. The van der Waals surface area contributed by atoms with Crippen LogP contribution in [-0.4, -0.2) is 48.6 Å². The molecule has 0 aliphatic carbocycles. The number of carbonyl (C=O) groups is 1. The number of rotatable bonds is 3. The van der Waals surface area contributed by atoms with E-state index in [1.54, 1.807) is 0 Å². The van der Waals surface area contributed by atoms with Crippen molar-refractivity contribution in [1.29, 1.82) is 0 Å². The van der Waals surface area contributed by atoms with Gasteiger partial charge in [0.15, 0.2) is 5.96 Å². The van der Waals surface area contributed by atoms with Crippen molar-refractivity contribution in [2.45, 2.75) is 6.42 Å². The zero-order valence-corrected chi connectivity index (χ0v) is 7.08. The second-order valence-corrected chi connectivity index (χ2v) is 2.70. The molecular formula is C7H13N3O2. The number of likely N-dealkylation sites (N-methyl/N-ethyl adjacent to an activating group) is 1. The van der Waals surface area contributed by atoms with Gasteiger partial charge in [-0.3, -0.25) is 9.79 Å². The van der Waals surface area contributed by atoms with Crippen molar-refractivity contribution in [2.75, 3.05) is 26.7 Å². The Balaban J connectivity index is 2.19. The minimum absolute atomic E-state index is 0.132. The van der Waals surface area contributed by atoms with Crippen LogP contribution in [0.25, 0.3) is 0 Å². The van der Waals surface area contributed by atoms with Gasteiger partial charge in [0, 0.05) is 20.1 Å². The minimum Gasteiger partial charge on any atom is -0.481 e. The molecule has 0 aromatic heterocycles. The van der Waals surface area contributed by atoms with Crippen molar-refractivity contribution in [3.8, 4) is 0 Å². The topological polar surface area (TPSA) is 64.9 Å². The molecule has 0 saturated heterocycles. The molecule has 1 aliphatic rings. The molecule has 0 atom stereocenters. The van der Waals surface area contributed by atoms with Crippen LogP contribution in [0.3, 0.4) is 0 Å². The van der Waals surface area contributed by atoms with Crippen LogP contribution in [-0.2, 0) is 4.79 Å². The van der Waals surface area contributed by atoms with Gasteiger partial charge in [-0.05, 0) is 0 Å². The Hall–Kier alpha value is -1.26. The van der Waals surface area contributed by atoms with E-state index in [2.05, 4.69) is 10.3 Å². The molecule has 0 spiro atoms. The highest BCUT2D eigenvalue weighted by Gasteiger charge is 2.11. The average molecular weight is 171 g/mol. The molecule has 0 amide bonds. The van der Waals surface area contributed by atoms with E-state index < -0.39 is 5.97 Å². The smallest absolute Gasteiger partial charge is 0.305 e. The molecule has 0 saturated carbocycles. The van der Waals surface area contributed by atoms with Gasteiger partial charge in [0.2, 0.25) is 0 Å². The Bertz CT molecular complexity index is 203. The van der Waals surface area contributed by atoms with Crippen LogP contribution in [0.2, 0.25) is 0 Å². The molecular weight excluding hydrogens is 158 g/mol. The van der Waals surface area contributed by atoms with E-state index in [1.807, 2.05) is 11.9 Å². The number of hydrogen-bond acceptors (Lipinski definition) is 4. The quantitative estimate of drug-likeness (QED) is 0.592. The molecule has 68 valence electrons. The van der Waals surface area contributed by atoms with Crippen LogP contribution in [0.5, 0.6) is 0 Å². The lowest BCUT2D eigenvalue weighted by molar-refractivity contribution is -0.136. The second-order valence-electron chi connectivity index (χ2n) is 2.70. The molecule has 1 rings (SSSR count). The van der Waals surface area contributed by atoms with Gasteiger partial charge in [-0.2, -0.15) is 0 Å². The van der Waals surface area contributed by atoms with E-state index in [-0.39, 0.29) is 6.42 Å². The lowest BCUT2D eigenvalue weighted by Gasteiger charge is -2.14. The van der Waals surface area contributed by atoms with Crippen molar-refractivity contribution >= 4 is 11.9 Å². The van der Waals surface area contributed by atoms with Crippen LogP contribution >= 0.6 is 0 Å². The monoisotopic (exact) mass is 171 g/mol. The predicted octanol–water partition coefficient (Wildman–Crippen LogP) is -0.648. The number of carboxylic acids is 1. The summed E-state index contributed by atoms with van der Waals surface area (Å²) in [6, 6.07) is 0. The van der Waals surface area contributed by atoms with Gasteiger partial charge in [0.05, 0.1) is 13.0 Å². The molecule has 12 heavy (non-hydrogen) atoms. The van der Waals surface area contributed by atoms with Crippen molar-refractivity contribution in [3.05, 3.63) is 0 Å². The first-order valence-electron chi connectivity index (χ1n) is 3.91. The summed E-state index contributed by atoms with van der Waals surface area (Å²) in [6.07, 6.45) is 0.132. The van der Waals surface area contributed by atoms with Crippen LogP contribution in [0.1, 0.15) is 6.42 Å². The van der Waals surface area contributed by atoms with Gasteiger partial charge in [-0.15, -0.1) is 0 Å². The average Bonchev–Trinajstić information content (AvgIpc) is 2.36. The predicted molar refractivity (Wildman–Crippen MR) is 45.2 cm³/mol. The van der Waals surface area contributed by atoms with Crippen LogP contribution < -0.4 is 5.32 Å². The molecule has 0 bridgehead atoms. The highest BCUT2D eigenvalue weighted by atomic mass is 16.4. The third kappa shape index (κ3) is 2.41. The van der Waals surface area contributed by atoms with Crippen LogP contribution in [0.4, 0.5) is 0 Å². The first-order valence-corrected chi connectivity index (χ1v) is 3.91. The summed E-state index contributed by atoms with van der Waals surface area (Å²) in [5.41, 5.74) is 0. The number of nitrogens with one attached hydrogen (secondary N) is 1. The fourth-order valence-electron chi connectivity index (χ4n) is 1.00. The number of nitrogens with zero attached hydrogens (tertiary/aromatic N) is 2. The molecule has 0 aromatic carbocycles. The SMILES string of the molecule is CN1CCN=C1NCCC(=O)O. The normalized spacial score (nSPS) is 16.1. The Kier molecular flexibility index (Phi) is 2.90. The van der Waals surface area contributed by atoms with Crippen LogP contribution in [0.15, 0.2) is 4.99 Å². The number of carboxylic acid groups (broad SMARTS) is 1. The molecule has 1 aliphatic heterocycles. The van der Waals surface area contributed by atoms with E-state index in [4.69, 9.17) is 5.11 Å². The van der Waals surface area contributed by atoms with E-state index in [1.165, 1.54) is 0 Å². The second kappa shape index (κ2) is 3.94. The Labute approximate surface area is 71.1 Å². The molecule has 0 aromatic rings. The lowest BCUT2D eigenvalue weighted by Crippen LogP contribution is -2.36. The first kappa shape index (κ1) is 8.83. The summed E-state index contributed by atoms with van der Waals surface area (Å²) in [5, 5.41) is 11.3. The summed E-state index contributed by atoms with van der Waals surface area (Å²) < 4.78 is 0. The van der Waals surface area contributed by atoms with Crippen molar-refractivity contribution in [2.24, 2.45) is 4.99 Å². The maximum Gasteiger partial charge on any atom is 0.305 e. The van der Waals surface area contributed by atoms with Gasteiger partial charge >= 0.3 is 5.97 Å². The molecule has 0 radical (unpaired) electrons. The van der Waals surface area contributed by atoms with Crippen molar-refractivity contribution in [3.63, 3.8) is 0 Å². The number of hydrogen-bond donors (Lipinski definition) is 2. The first-order chi connectivity index (χ1) is 5.70. The summed E-state index contributed by atoms with van der Waals surface area (Å²) in [4.78, 5) is 16.3. The molecule has 0 unspecified atom stereocenters. The third-order valence-corrected chi connectivity index (χ3v) is 1.68. The maximum absolute atomic E-state index is 10.2. The van der Waals surface area contributed by atoms with Crippen LogP contribution in [0, 0.1) is 0 Å². The Morgan fingerprint density at radius 3 is 3.08 bits per heavy atom. The van der Waals surface area contributed by atoms with Gasteiger partial charge in [-0.1, -0.05) is 0 Å². The Morgan fingerprint density at radius 2 is 2.58 bits per heavy atom. The van der Waals surface area contributed by atoms with Crippen molar-refractivity contribution in [1.82, 2.24) is 10.2 Å². The lowest BCUT2D eigenvalue weighted by atomic mass is 10.4. The number of aliphatic carboxylic acids is 1. The molecule has 2 N–H and O–H groups in total. The number of guanidine groups is 1. The molecule has 1 heterocycles. The van der Waals surface area contributed by atoms with Gasteiger partial charge in [-0.25, -0.2) is 0 Å². The standard InChI is InChI=1S/C7H13N3O2/c1-10-5-4-9-7(10)8-3-2-6(11)12/h2-5H2,1H3,(H,8,9)(H,11,12). The van der Waals surface area contributed by atoms with Gasteiger partial charge in [0.25, 0.3) is 0 Å². The summed E-state index contributed by atoms with van der Waals surface area (Å²) in [7, 11) is 1.93. The summed E-state index contributed by atoms with van der Waals surface area (Å²) >= 11 is 0. The number of aliphatic imine (C=N–C) groups is 1. The fourth-order valence-corrected chi connectivity index (χ4v) is 1.00. The largest absolute Gasteiger partial charge is 0.481 e. The highest BCUT2D eigenvalue weighted by molar-refractivity contribution is 5.81. The van der Waals surface area contributed by atoms with Gasteiger partial charge in [0.1, 0.15) is 0 Å². The highest BCUT2D eigenvalue weighted by Crippen LogP contribution is 1.94. The summed E-state index contributed by atoms with van der Waals surface area (Å²) in [6.45, 7) is 2.15. The molecule has 5 nitrogen and oxygen atoms in total. The van der Waals surface area contributed by atoms with E-state index in [0.717, 1.165) is 19.0 Å². The van der Waals surface area contributed by atoms with E-state index in [0.29, 0.717) is 6.54 Å². The minimum atomic E-state index is -0.788. The zero-order chi connectivity index (χ0) is 8.97. The van der Waals surface area contributed by atoms with Crippen molar-refractivity contribution < 1.29 is 9.90 Å².